The highest BCUT2D eigenvalue weighted by molar-refractivity contribution is 8.76. The second-order valence-corrected chi connectivity index (χ2v) is 12.8. The summed E-state index contributed by atoms with van der Waals surface area (Å²) in [6.07, 6.45) is 1.95. The summed E-state index contributed by atoms with van der Waals surface area (Å²) >= 11 is 0. The average Bonchev–Trinajstić information content (AvgIpc) is 3.36. The maximum absolute atomic E-state index is 13.1. The number of nitrogens with zero attached hydrogens (tertiary/aromatic N) is 3. The number of aromatic amines is 1. The standard InChI is InChI=1S/C28H29N4O4S2.ClH/c1-16-23(15-37-38-18-9-7-17(8-10-18)32(34)35)31(12-11-24(16)36-6)26-29-21-13-19-20(14-22(21)30-26)28(4,5)25(33)27(19,2)3;/h7-14H,15H2,1-6H3,(H,29,30);1H/q+1;/p-1. The number of Topliss-reactive ketones (excluding diaryl/α,β-unsaturated/α-hetero) is 1. The van der Waals surface area contributed by atoms with Crippen LogP contribution in [0.15, 0.2) is 53.6 Å². The Balaban J connectivity index is 0.00000353. The molecule has 0 atom stereocenters. The zero-order chi connectivity index (χ0) is 27.4. The molecule has 11 heteroatoms. The lowest BCUT2D eigenvalue weighted by molar-refractivity contribution is -0.610. The molecule has 1 N–H and O–H groups in total. The van der Waals surface area contributed by atoms with E-state index in [4.69, 9.17) is 9.72 Å². The van der Waals surface area contributed by atoms with Gasteiger partial charge in [-0.05, 0) is 70.0 Å². The van der Waals surface area contributed by atoms with Crippen LogP contribution in [-0.2, 0) is 21.4 Å². The molecule has 0 saturated carbocycles. The lowest BCUT2D eigenvalue weighted by Crippen LogP contribution is -3.00. The number of benzene rings is 2. The van der Waals surface area contributed by atoms with E-state index < -0.39 is 15.8 Å². The molecule has 0 bridgehead atoms. The van der Waals surface area contributed by atoms with Gasteiger partial charge in [-0.2, -0.15) is 0 Å². The molecule has 5 rings (SSSR count). The molecule has 2 aromatic carbocycles. The molecule has 0 amide bonds. The SMILES string of the molecule is COc1cc[n+](-c2nc3cc4c(cc3[nH]2)C(C)(C)C(=O)C4(C)C)c(CSSc2ccc([N+](=O)[O-])cc2)c1C.[Cl-]. The van der Waals surface area contributed by atoms with Gasteiger partial charge in [0.05, 0.1) is 24.0 Å². The molecule has 0 unspecified atom stereocenters. The summed E-state index contributed by atoms with van der Waals surface area (Å²) in [6.45, 7) is 9.98. The number of fused-ring (bicyclic) bond motifs is 2. The Morgan fingerprint density at radius 1 is 1.08 bits per heavy atom. The van der Waals surface area contributed by atoms with E-state index >= 15 is 0 Å². The second-order valence-electron chi connectivity index (χ2n) is 10.5. The molecule has 204 valence electrons. The van der Waals surface area contributed by atoms with Crippen molar-refractivity contribution in [1.82, 2.24) is 9.97 Å². The third kappa shape index (κ3) is 4.90. The number of halogens is 1. The van der Waals surface area contributed by atoms with Gasteiger partial charge in [0.25, 0.3) is 5.69 Å². The number of nitro benzene ring substituents is 1. The lowest BCUT2D eigenvalue weighted by atomic mass is 9.80. The summed E-state index contributed by atoms with van der Waals surface area (Å²) < 4.78 is 7.62. The third-order valence-corrected chi connectivity index (χ3v) is 9.66. The van der Waals surface area contributed by atoms with Crippen LogP contribution >= 0.6 is 21.6 Å². The third-order valence-electron chi connectivity index (χ3n) is 7.41. The van der Waals surface area contributed by atoms with Crippen LogP contribution in [0.1, 0.15) is 50.1 Å². The fraction of sp³-hybridized carbons (Fsp3) is 0.321. The number of pyridine rings is 1. The first-order valence-corrected chi connectivity index (χ1v) is 14.5. The summed E-state index contributed by atoms with van der Waals surface area (Å²) in [5.41, 5.74) is 4.76. The van der Waals surface area contributed by atoms with Crippen molar-refractivity contribution in [3.05, 3.63) is 81.2 Å². The number of aromatic nitrogens is 3. The van der Waals surface area contributed by atoms with Gasteiger partial charge in [-0.1, -0.05) is 26.6 Å². The number of carbonyl (C=O) groups excluding carboxylic acids is 1. The number of nitrogens with one attached hydrogen (secondary N) is 1. The van der Waals surface area contributed by atoms with Gasteiger partial charge >= 0.3 is 5.95 Å². The number of non-ortho nitro benzene ring substituents is 1. The number of ether oxygens (including phenoxy) is 1. The van der Waals surface area contributed by atoms with Gasteiger partial charge in [0.2, 0.25) is 0 Å². The predicted octanol–water partition coefficient (Wildman–Crippen LogP) is 3.15. The zero-order valence-electron chi connectivity index (χ0n) is 22.5. The van der Waals surface area contributed by atoms with Crippen LogP contribution in [0.4, 0.5) is 5.69 Å². The number of H-pyrrole nitrogens is 1. The van der Waals surface area contributed by atoms with E-state index in [-0.39, 0.29) is 23.9 Å². The van der Waals surface area contributed by atoms with Crippen LogP contribution in [0.25, 0.3) is 17.0 Å². The molecule has 0 saturated heterocycles. The van der Waals surface area contributed by atoms with E-state index in [1.165, 1.54) is 12.1 Å². The summed E-state index contributed by atoms with van der Waals surface area (Å²) in [5, 5.41) is 10.9. The van der Waals surface area contributed by atoms with E-state index in [2.05, 4.69) is 11.1 Å². The average molecular weight is 585 g/mol. The Morgan fingerprint density at radius 3 is 2.33 bits per heavy atom. The van der Waals surface area contributed by atoms with Crippen molar-refractivity contribution in [2.24, 2.45) is 0 Å². The minimum atomic E-state index is -0.563. The van der Waals surface area contributed by atoms with Crippen molar-refractivity contribution in [3.63, 3.8) is 0 Å². The topological polar surface area (TPSA) is 102 Å². The van der Waals surface area contributed by atoms with Crippen molar-refractivity contribution in [2.75, 3.05) is 7.11 Å². The van der Waals surface area contributed by atoms with Crippen LogP contribution in [0, 0.1) is 17.0 Å². The highest BCUT2D eigenvalue weighted by Gasteiger charge is 2.50. The normalized spacial score (nSPS) is 15.2. The van der Waals surface area contributed by atoms with Crippen LogP contribution < -0.4 is 21.7 Å². The van der Waals surface area contributed by atoms with Crippen molar-refractivity contribution >= 4 is 44.1 Å². The predicted molar refractivity (Wildman–Crippen MR) is 150 cm³/mol. The molecular weight excluding hydrogens is 556 g/mol. The molecule has 1 aliphatic rings. The highest BCUT2D eigenvalue weighted by Crippen LogP contribution is 2.47. The Bertz CT molecular complexity index is 1540. The van der Waals surface area contributed by atoms with Crippen LogP contribution in [0.5, 0.6) is 5.75 Å². The molecule has 4 aromatic rings. The largest absolute Gasteiger partial charge is 1.00 e. The summed E-state index contributed by atoms with van der Waals surface area (Å²) in [7, 11) is 4.85. The first-order chi connectivity index (χ1) is 17.9. The van der Waals surface area contributed by atoms with E-state index in [0.717, 1.165) is 44.1 Å². The smallest absolute Gasteiger partial charge is 0.402 e. The van der Waals surface area contributed by atoms with Gasteiger partial charge < -0.3 is 17.1 Å². The summed E-state index contributed by atoms with van der Waals surface area (Å²) in [6, 6.07) is 12.6. The molecular formula is C28H29ClN4O4S2. The first-order valence-electron chi connectivity index (χ1n) is 12.2. The monoisotopic (exact) mass is 584 g/mol. The Hall–Kier alpha value is -3.08. The summed E-state index contributed by atoms with van der Waals surface area (Å²) in [5.74, 6) is 2.34. The minimum absolute atomic E-state index is 0. The Labute approximate surface area is 240 Å². The number of imidazole rings is 1. The van der Waals surface area contributed by atoms with Crippen molar-refractivity contribution in [3.8, 4) is 11.7 Å². The number of ketones is 1. The van der Waals surface area contributed by atoms with Crippen LogP contribution in [-0.4, -0.2) is 27.8 Å². The molecule has 39 heavy (non-hydrogen) atoms. The van der Waals surface area contributed by atoms with Gasteiger partial charge in [-0.25, -0.2) is 9.55 Å². The Morgan fingerprint density at radius 2 is 1.72 bits per heavy atom. The van der Waals surface area contributed by atoms with E-state index in [0.29, 0.717) is 11.7 Å². The molecule has 1 aliphatic carbocycles. The number of rotatable bonds is 7. The van der Waals surface area contributed by atoms with Gasteiger partial charge in [0.1, 0.15) is 17.0 Å². The lowest BCUT2D eigenvalue weighted by Gasteiger charge is -2.21. The molecule has 8 nitrogen and oxygen atoms in total. The fourth-order valence-electron chi connectivity index (χ4n) is 5.27. The Kier molecular flexibility index (Phi) is 7.77. The van der Waals surface area contributed by atoms with E-state index in [9.17, 15) is 14.9 Å². The number of hydrogen-bond acceptors (Lipinski definition) is 7. The maximum atomic E-state index is 13.1. The van der Waals surface area contributed by atoms with Gasteiger partial charge in [-0.15, -0.1) is 0 Å². The van der Waals surface area contributed by atoms with Crippen molar-refractivity contribution in [2.45, 2.75) is 56.1 Å². The summed E-state index contributed by atoms with van der Waals surface area (Å²) in [4.78, 5) is 33.0. The number of carbonyl (C=O) groups is 1. The molecule has 0 radical (unpaired) electrons. The molecule has 2 heterocycles. The van der Waals surface area contributed by atoms with Gasteiger partial charge in [0.15, 0.2) is 11.3 Å². The molecule has 0 spiro atoms. The maximum Gasteiger partial charge on any atom is 0.402 e. The second kappa shape index (κ2) is 10.5. The minimum Gasteiger partial charge on any atom is -1.00 e. The van der Waals surface area contributed by atoms with Crippen molar-refractivity contribution < 1.29 is 31.4 Å². The molecule has 2 aromatic heterocycles. The van der Waals surface area contributed by atoms with Gasteiger partial charge in [-0.3, -0.25) is 14.9 Å². The fourth-order valence-corrected chi connectivity index (χ4v) is 7.43. The number of hydrogen-bond donors (Lipinski definition) is 1. The zero-order valence-corrected chi connectivity index (χ0v) is 24.9. The quantitative estimate of drug-likeness (QED) is 0.154. The number of methoxy groups -OCH3 is 1. The number of nitro groups is 1. The first kappa shape index (κ1) is 28.9. The molecule has 0 aliphatic heterocycles. The van der Waals surface area contributed by atoms with Crippen molar-refractivity contribution in [1.29, 1.82) is 0 Å². The molecule has 0 fully saturated rings. The van der Waals surface area contributed by atoms with Crippen LogP contribution in [0.3, 0.4) is 0 Å². The highest BCUT2D eigenvalue weighted by atomic mass is 35.5. The van der Waals surface area contributed by atoms with Gasteiger partial charge in [0, 0.05) is 39.5 Å². The van der Waals surface area contributed by atoms with Crippen LogP contribution in [0.2, 0.25) is 0 Å². The van der Waals surface area contributed by atoms with E-state index in [1.807, 2.05) is 57.5 Å². The van der Waals surface area contributed by atoms with E-state index in [1.54, 1.807) is 40.8 Å².